The topological polar surface area (TPSA) is 48.3 Å². The maximum Gasteiger partial charge on any atom is 0.101 e. The smallest absolute Gasteiger partial charge is 0.101 e. The number of rotatable bonds is 9. The monoisotopic (exact) mass is 289 g/mol. The highest BCUT2D eigenvalue weighted by Crippen LogP contribution is 2.20. The summed E-state index contributed by atoms with van der Waals surface area (Å²) in [5.74, 6) is 0. The summed E-state index contributed by atoms with van der Waals surface area (Å²) in [6, 6.07) is 8.37. The fourth-order valence-electron chi connectivity index (χ4n) is 2.07. The molecule has 4 heteroatoms. The van der Waals surface area contributed by atoms with E-state index >= 15 is 0 Å². The SMILES string of the molecule is CCCNCc1ccc(N(C)CCOC(C)C)c(C#N)c1. The largest absolute Gasteiger partial charge is 0.377 e. The Morgan fingerprint density at radius 2 is 2.14 bits per heavy atom. The third kappa shape index (κ3) is 6.16. The van der Waals surface area contributed by atoms with Crippen LogP contribution in [0.25, 0.3) is 0 Å². The van der Waals surface area contributed by atoms with Crippen LogP contribution < -0.4 is 10.2 Å². The molecular weight excluding hydrogens is 262 g/mol. The number of nitrogens with zero attached hydrogens (tertiary/aromatic N) is 2. The number of nitrogens with one attached hydrogen (secondary N) is 1. The molecule has 0 spiro atoms. The van der Waals surface area contributed by atoms with Crippen LogP contribution in [0.1, 0.15) is 38.3 Å². The lowest BCUT2D eigenvalue weighted by Crippen LogP contribution is -2.24. The van der Waals surface area contributed by atoms with E-state index in [4.69, 9.17) is 4.74 Å². The Bertz CT molecular complexity index is 466. The second-order valence-corrected chi connectivity index (χ2v) is 5.48. The molecule has 0 fully saturated rings. The number of hydrogen-bond donors (Lipinski definition) is 1. The van der Waals surface area contributed by atoms with E-state index < -0.39 is 0 Å². The van der Waals surface area contributed by atoms with Gasteiger partial charge < -0.3 is 15.0 Å². The van der Waals surface area contributed by atoms with Crippen molar-refractivity contribution in [2.45, 2.75) is 39.8 Å². The highest BCUT2D eigenvalue weighted by molar-refractivity contribution is 5.60. The van der Waals surface area contributed by atoms with Crippen LogP contribution >= 0.6 is 0 Å². The second kappa shape index (κ2) is 9.38. The standard InChI is InChI=1S/C17H27N3O/c1-5-8-19-13-15-6-7-17(16(11-15)12-18)20(4)9-10-21-14(2)3/h6-7,11,14,19H,5,8-10,13H2,1-4H3. The van der Waals surface area contributed by atoms with E-state index in [2.05, 4.69) is 29.3 Å². The van der Waals surface area contributed by atoms with Gasteiger partial charge in [-0.15, -0.1) is 0 Å². The summed E-state index contributed by atoms with van der Waals surface area (Å²) in [5.41, 5.74) is 2.83. The predicted octanol–water partition coefficient (Wildman–Crippen LogP) is 2.92. The fraction of sp³-hybridized carbons (Fsp3) is 0.588. The molecule has 0 heterocycles. The lowest BCUT2D eigenvalue weighted by Gasteiger charge is -2.21. The summed E-state index contributed by atoms with van der Waals surface area (Å²) in [5, 5.41) is 12.7. The van der Waals surface area contributed by atoms with Gasteiger partial charge >= 0.3 is 0 Å². The van der Waals surface area contributed by atoms with E-state index in [-0.39, 0.29) is 6.10 Å². The van der Waals surface area contributed by atoms with Crippen molar-refractivity contribution in [3.05, 3.63) is 29.3 Å². The van der Waals surface area contributed by atoms with E-state index in [1.165, 1.54) is 0 Å². The van der Waals surface area contributed by atoms with Gasteiger partial charge in [0.2, 0.25) is 0 Å². The second-order valence-electron chi connectivity index (χ2n) is 5.48. The summed E-state index contributed by atoms with van der Waals surface area (Å²) in [6.07, 6.45) is 1.35. The molecule has 0 saturated heterocycles. The van der Waals surface area contributed by atoms with Crippen LogP contribution in [0.2, 0.25) is 0 Å². The lowest BCUT2D eigenvalue weighted by atomic mass is 10.1. The minimum atomic E-state index is 0.237. The minimum absolute atomic E-state index is 0.237. The maximum absolute atomic E-state index is 9.35. The maximum atomic E-state index is 9.35. The van der Waals surface area contributed by atoms with Crippen LogP contribution in [0, 0.1) is 11.3 Å². The quantitative estimate of drug-likeness (QED) is 0.710. The van der Waals surface area contributed by atoms with Crippen molar-refractivity contribution in [1.82, 2.24) is 5.32 Å². The van der Waals surface area contributed by atoms with Crippen LogP contribution in [-0.2, 0) is 11.3 Å². The molecule has 0 aliphatic carbocycles. The third-order valence-electron chi connectivity index (χ3n) is 3.23. The normalized spacial score (nSPS) is 10.7. The van der Waals surface area contributed by atoms with Crippen molar-refractivity contribution in [3.63, 3.8) is 0 Å². The molecule has 0 saturated carbocycles. The Hall–Kier alpha value is -1.57. The van der Waals surface area contributed by atoms with Gasteiger partial charge in [0.15, 0.2) is 0 Å². The first-order chi connectivity index (χ1) is 10.1. The van der Waals surface area contributed by atoms with Gasteiger partial charge in [-0.1, -0.05) is 13.0 Å². The van der Waals surface area contributed by atoms with Crippen LogP contribution in [0.15, 0.2) is 18.2 Å². The molecule has 1 rings (SSSR count). The first kappa shape index (κ1) is 17.5. The highest BCUT2D eigenvalue weighted by atomic mass is 16.5. The molecule has 1 aromatic rings. The first-order valence-corrected chi connectivity index (χ1v) is 7.65. The Kier molecular flexibility index (Phi) is 7.81. The van der Waals surface area contributed by atoms with Gasteiger partial charge in [-0.2, -0.15) is 5.26 Å². The number of benzene rings is 1. The number of ether oxygens (including phenoxy) is 1. The van der Waals surface area contributed by atoms with Crippen LogP contribution in [0.4, 0.5) is 5.69 Å². The first-order valence-electron chi connectivity index (χ1n) is 7.65. The van der Waals surface area contributed by atoms with Gasteiger partial charge in [-0.05, 0) is 44.5 Å². The molecular formula is C17H27N3O. The molecule has 0 aliphatic rings. The number of likely N-dealkylation sites (N-methyl/N-ethyl adjacent to an activating group) is 1. The average Bonchev–Trinajstić information content (AvgIpc) is 2.46. The number of nitriles is 1. The summed E-state index contributed by atoms with van der Waals surface area (Å²) >= 11 is 0. The Morgan fingerprint density at radius 1 is 1.38 bits per heavy atom. The summed E-state index contributed by atoms with van der Waals surface area (Å²) < 4.78 is 5.56. The van der Waals surface area contributed by atoms with Gasteiger partial charge in [0.05, 0.1) is 24.0 Å². The molecule has 1 aromatic carbocycles. The van der Waals surface area contributed by atoms with E-state index in [1.807, 2.05) is 33.0 Å². The van der Waals surface area contributed by atoms with Gasteiger partial charge in [0.25, 0.3) is 0 Å². The van der Waals surface area contributed by atoms with Crippen molar-refractivity contribution >= 4 is 5.69 Å². The van der Waals surface area contributed by atoms with Crippen LogP contribution in [0.5, 0.6) is 0 Å². The Labute approximate surface area is 128 Å². The molecule has 0 unspecified atom stereocenters. The number of hydrogen-bond acceptors (Lipinski definition) is 4. The zero-order valence-electron chi connectivity index (χ0n) is 13.6. The van der Waals surface area contributed by atoms with E-state index in [1.54, 1.807) is 0 Å². The van der Waals surface area contributed by atoms with Crippen molar-refractivity contribution in [2.24, 2.45) is 0 Å². The molecule has 0 aromatic heterocycles. The Morgan fingerprint density at radius 3 is 2.76 bits per heavy atom. The van der Waals surface area contributed by atoms with E-state index in [9.17, 15) is 5.26 Å². The fourth-order valence-corrected chi connectivity index (χ4v) is 2.07. The van der Waals surface area contributed by atoms with Gasteiger partial charge in [0, 0.05) is 20.1 Å². The van der Waals surface area contributed by atoms with Gasteiger partial charge in [-0.25, -0.2) is 0 Å². The average molecular weight is 289 g/mol. The van der Waals surface area contributed by atoms with Gasteiger partial charge in [-0.3, -0.25) is 0 Å². The van der Waals surface area contributed by atoms with E-state index in [0.717, 1.165) is 42.9 Å². The molecule has 0 atom stereocenters. The van der Waals surface area contributed by atoms with Gasteiger partial charge in [0.1, 0.15) is 6.07 Å². The van der Waals surface area contributed by atoms with Crippen LogP contribution in [0.3, 0.4) is 0 Å². The summed E-state index contributed by atoms with van der Waals surface area (Å²) in [6.45, 7) is 9.45. The van der Waals surface area contributed by atoms with Crippen molar-refractivity contribution in [3.8, 4) is 6.07 Å². The molecule has 0 bridgehead atoms. The zero-order chi connectivity index (χ0) is 15.7. The molecule has 0 amide bonds. The van der Waals surface area contributed by atoms with E-state index in [0.29, 0.717) is 6.61 Å². The highest BCUT2D eigenvalue weighted by Gasteiger charge is 2.08. The predicted molar refractivity (Wildman–Crippen MR) is 87.5 cm³/mol. The Balaban J connectivity index is 2.67. The lowest BCUT2D eigenvalue weighted by molar-refractivity contribution is 0.0846. The minimum Gasteiger partial charge on any atom is -0.377 e. The zero-order valence-corrected chi connectivity index (χ0v) is 13.6. The molecule has 21 heavy (non-hydrogen) atoms. The molecule has 1 N–H and O–H groups in total. The summed E-state index contributed by atoms with van der Waals surface area (Å²) in [7, 11) is 1.99. The molecule has 0 aliphatic heterocycles. The molecule has 0 radical (unpaired) electrons. The summed E-state index contributed by atoms with van der Waals surface area (Å²) in [4.78, 5) is 2.07. The third-order valence-corrected chi connectivity index (χ3v) is 3.23. The number of anilines is 1. The van der Waals surface area contributed by atoms with Crippen molar-refractivity contribution in [1.29, 1.82) is 5.26 Å². The van der Waals surface area contributed by atoms with Crippen molar-refractivity contribution in [2.75, 3.05) is 31.6 Å². The van der Waals surface area contributed by atoms with Crippen molar-refractivity contribution < 1.29 is 4.74 Å². The van der Waals surface area contributed by atoms with Crippen LogP contribution in [-0.4, -0.2) is 32.8 Å². The molecule has 4 nitrogen and oxygen atoms in total. The molecule has 116 valence electrons.